The molecule has 2 aliphatic rings. The van der Waals surface area contributed by atoms with Crippen molar-refractivity contribution in [3.8, 4) is 0 Å². The van der Waals surface area contributed by atoms with Crippen LogP contribution in [-0.2, 0) is 9.47 Å². The van der Waals surface area contributed by atoms with Crippen molar-refractivity contribution in [2.45, 2.75) is 25.5 Å². The summed E-state index contributed by atoms with van der Waals surface area (Å²) in [6.45, 7) is 9.90. The second-order valence-electron chi connectivity index (χ2n) is 5.88. The van der Waals surface area contributed by atoms with Crippen LogP contribution in [0.3, 0.4) is 0 Å². The summed E-state index contributed by atoms with van der Waals surface area (Å²) < 4.78 is 11.2. The van der Waals surface area contributed by atoms with Crippen molar-refractivity contribution in [3.05, 3.63) is 34.5 Å². The molecule has 0 amide bonds. The van der Waals surface area contributed by atoms with E-state index < -0.39 is 4.92 Å². The summed E-state index contributed by atoms with van der Waals surface area (Å²) in [7, 11) is 0. The molecule has 1 aromatic heterocycles. The molecule has 118 valence electrons. The summed E-state index contributed by atoms with van der Waals surface area (Å²) in [4.78, 5) is 16.9. The highest BCUT2D eigenvalue weighted by Gasteiger charge is 2.50. The zero-order valence-electron chi connectivity index (χ0n) is 12.7. The SMILES string of the molecule is C=C(C)c1cnc([N+](=O)[O-])c(N2CCOC3(COC3)C2C)c1. The minimum absolute atomic E-state index is 0.0177. The number of aromatic nitrogens is 1. The predicted molar refractivity (Wildman–Crippen MR) is 81.9 cm³/mol. The number of nitro groups is 1. The van der Waals surface area contributed by atoms with E-state index in [0.29, 0.717) is 32.1 Å². The van der Waals surface area contributed by atoms with E-state index in [1.165, 1.54) is 6.20 Å². The van der Waals surface area contributed by atoms with Crippen LogP contribution in [0.15, 0.2) is 18.8 Å². The van der Waals surface area contributed by atoms with Crippen LogP contribution in [0.4, 0.5) is 11.5 Å². The van der Waals surface area contributed by atoms with E-state index >= 15 is 0 Å². The fourth-order valence-electron chi connectivity index (χ4n) is 2.93. The highest BCUT2D eigenvalue weighted by molar-refractivity contribution is 5.70. The topological polar surface area (TPSA) is 77.7 Å². The molecule has 0 aromatic carbocycles. The molecular weight excluding hydrogens is 286 g/mol. The molecule has 3 heterocycles. The molecule has 2 saturated heterocycles. The van der Waals surface area contributed by atoms with Crippen LogP contribution in [0.2, 0.25) is 0 Å². The van der Waals surface area contributed by atoms with Gasteiger partial charge in [0, 0.05) is 12.1 Å². The second kappa shape index (κ2) is 5.33. The van der Waals surface area contributed by atoms with E-state index in [0.717, 1.165) is 11.1 Å². The number of rotatable bonds is 3. The van der Waals surface area contributed by atoms with Gasteiger partial charge < -0.3 is 24.5 Å². The van der Waals surface area contributed by atoms with Crippen molar-refractivity contribution in [1.29, 1.82) is 0 Å². The van der Waals surface area contributed by atoms with Crippen LogP contribution in [-0.4, -0.2) is 47.9 Å². The molecule has 1 atom stereocenters. The molecule has 1 aromatic rings. The lowest BCUT2D eigenvalue weighted by Gasteiger charge is -2.53. The fraction of sp³-hybridized carbons (Fsp3) is 0.533. The fourth-order valence-corrected chi connectivity index (χ4v) is 2.93. The van der Waals surface area contributed by atoms with Crippen LogP contribution < -0.4 is 4.90 Å². The summed E-state index contributed by atoms with van der Waals surface area (Å²) in [5.41, 5.74) is 1.78. The third-order valence-electron chi connectivity index (χ3n) is 4.47. The zero-order chi connectivity index (χ0) is 15.9. The zero-order valence-corrected chi connectivity index (χ0v) is 12.7. The second-order valence-corrected chi connectivity index (χ2v) is 5.88. The molecule has 22 heavy (non-hydrogen) atoms. The Balaban J connectivity index is 2.03. The lowest BCUT2D eigenvalue weighted by molar-refractivity contribution is -0.388. The Labute approximate surface area is 128 Å². The summed E-state index contributed by atoms with van der Waals surface area (Å²) in [5.74, 6) is -0.130. The van der Waals surface area contributed by atoms with E-state index in [4.69, 9.17) is 9.47 Å². The maximum Gasteiger partial charge on any atom is 0.387 e. The first-order valence-electron chi connectivity index (χ1n) is 7.23. The molecule has 2 aliphatic heterocycles. The Morgan fingerprint density at radius 1 is 1.59 bits per heavy atom. The molecule has 0 radical (unpaired) electrons. The normalized spacial score (nSPS) is 23.2. The van der Waals surface area contributed by atoms with Crippen molar-refractivity contribution < 1.29 is 14.4 Å². The average Bonchev–Trinajstić information content (AvgIpc) is 2.45. The van der Waals surface area contributed by atoms with Crippen LogP contribution in [0.25, 0.3) is 5.57 Å². The number of anilines is 1. The lowest BCUT2D eigenvalue weighted by Crippen LogP contribution is -2.68. The van der Waals surface area contributed by atoms with Gasteiger partial charge in [-0.2, -0.15) is 0 Å². The highest BCUT2D eigenvalue weighted by atomic mass is 16.6. The van der Waals surface area contributed by atoms with Crippen molar-refractivity contribution in [3.63, 3.8) is 0 Å². The highest BCUT2D eigenvalue weighted by Crippen LogP contribution is 2.38. The number of nitrogens with zero attached hydrogens (tertiary/aromatic N) is 3. The van der Waals surface area contributed by atoms with E-state index in [-0.39, 0.29) is 17.5 Å². The number of hydrogen-bond donors (Lipinski definition) is 0. The van der Waals surface area contributed by atoms with Crippen molar-refractivity contribution in [2.24, 2.45) is 0 Å². The molecule has 0 bridgehead atoms. The van der Waals surface area contributed by atoms with E-state index in [9.17, 15) is 10.1 Å². The standard InChI is InChI=1S/C15H19N3O4/c1-10(2)12-6-13(14(16-7-12)18(19)20)17-4-5-22-15(11(17)3)8-21-9-15/h6-7,11H,1,4-5,8-9H2,2-3H3. The molecule has 0 N–H and O–H groups in total. The maximum atomic E-state index is 11.3. The number of morpholine rings is 1. The number of ether oxygens (including phenoxy) is 2. The molecule has 2 fully saturated rings. The van der Waals surface area contributed by atoms with Crippen LogP contribution >= 0.6 is 0 Å². The number of pyridine rings is 1. The summed E-state index contributed by atoms with van der Waals surface area (Å²) in [6.07, 6.45) is 1.50. The largest absolute Gasteiger partial charge is 0.387 e. The van der Waals surface area contributed by atoms with Crippen molar-refractivity contribution in [2.75, 3.05) is 31.3 Å². The van der Waals surface area contributed by atoms with Crippen molar-refractivity contribution in [1.82, 2.24) is 4.98 Å². The minimum Gasteiger partial charge on any atom is -0.375 e. The molecule has 1 unspecified atom stereocenters. The van der Waals surface area contributed by atoms with Gasteiger partial charge in [0.25, 0.3) is 0 Å². The first-order chi connectivity index (χ1) is 10.4. The smallest absolute Gasteiger partial charge is 0.375 e. The summed E-state index contributed by atoms with van der Waals surface area (Å²) in [6, 6.07) is 1.78. The van der Waals surface area contributed by atoms with Gasteiger partial charge in [-0.25, -0.2) is 0 Å². The Morgan fingerprint density at radius 2 is 2.32 bits per heavy atom. The summed E-state index contributed by atoms with van der Waals surface area (Å²) in [5, 5.41) is 11.3. The first kappa shape index (κ1) is 14.9. The quantitative estimate of drug-likeness (QED) is 0.628. The van der Waals surface area contributed by atoms with Gasteiger partial charge >= 0.3 is 5.82 Å². The van der Waals surface area contributed by atoms with Crippen molar-refractivity contribution >= 4 is 17.1 Å². The number of allylic oxidation sites excluding steroid dienone is 1. The van der Waals surface area contributed by atoms with Crippen LogP contribution in [0.1, 0.15) is 19.4 Å². The number of hydrogen-bond acceptors (Lipinski definition) is 6. The van der Waals surface area contributed by atoms with Crippen LogP contribution in [0, 0.1) is 10.1 Å². The Kier molecular flexibility index (Phi) is 3.62. The third kappa shape index (κ3) is 2.26. The van der Waals surface area contributed by atoms with E-state index in [1.807, 2.05) is 18.7 Å². The van der Waals surface area contributed by atoms with Gasteiger partial charge in [0.1, 0.15) is 17.5 Å². The summed E-state index contributed by atoms with van der Waals surface area (Å²) >= 11 is 0. The van der Waals surface area contributed by atoms with E-state index in [2.05, 4.69) is 11.6 Å². The first-order valence-corrected chi connectivity index (χ1v) is 7.23. The Morgan fingerprint density at radius 3 is 2.86 bits per heavy atom. The molecule has 0 aliphatic carbocycles. The third-order valence-corrected chi connectivity index (χ3v) is 4.47. The maximum absolute atomic E-state index is 11.3. The molecule has 1 spiro atoms. The van der Waals surface area contributed by atoms with E-state index in [1.54, 1.807) is 6.07 Å². The predicted octanol–water partition coefficient (Wildman–Crippen LogP) is 2.02. The molecule has 7 heteroatoms. The van der Waals surface area contributed by atoms with Gasteiger partial charge in [-0.3, -0.25) is 0 Å². The van der Waals surface area contributed by atoms with Gasteiger partial charge in [0.05, 0.1) is 25.9 Å². The van der Waals surface area contributed by atoms with Gasteiger partial charge in [-0.05, 0) is 35.4 Å². The Hall–Kier alpha value is -1.99. The van der Waals surface area contributed by atoms with Gasteiger partial charge in [0.2, 0.25) is 0 Å². The molecule has 7 nitrogen and oxygen atoms in total. The average molecular weight is 305 g/mol. The molecule has 0 saturated carbocycles. The van der Waals surface area contributed by atoms with Gasteiger partial charge in [-0.15, -0.1) is 0 Å². The molecule has 3 rings (SSSR count). The van der Waals surface area contributed by atoms with Gasteiger partial charge in [-0.1, -0.05) is 6.58 Å². The lowest BCUT2D eigenvalue weighted by atomic mass is 9.90. The monoisotopic (exact) mass is 305 g/mol. The van der Waals surface area contributed by atoms with Crippen LogP contribution in [0.5, 0.6) is 0 Å². The Bertz CT molecular complexity index is 627. The minimum atomic E-state index is -0.441. The molecular formula is C15H19N3O4. The van der Waals surface area contributed by atoms with Gasteiger partial charge in [0.15, 0.2) is 0 Å².